The molecule has 0 saturated carbocycles. The molecule has 0 saturated heterocycles. The highest BCUT2D eigenvalue weighted by molar-refractivity contribution is 5.76. The van der Waals surface area contributed by atoms with E-state index in [4.69, 9.17) is 10.8 Å². The van der Waals surface area contributed by atoms with Gasteiger partial charge in [-0.25, -0.2) is 0 Å². The van der Waals surface area contributed by atoms with Crippen molar-refractivity contribution in [2.45, 2.75) is 31.7 Å². The number of carboxylic acid groups (broad SMARTS) is 1. The van der Waals surface area contributed by atoms with Crippen molar-refractivity contribution in [2.75, 3.05) is 0 Å². The van der Waals surface area contributed by atoms with Crippen LogP contribution in [0.15, 0.2) is 30.3 Å². The topological polar surface area (TPSA) is 63.3 Å². The summed E-state index contributed by atoms with van der Waals surface area (Å²) < 4.78 is 0. The number of hydrogen-bond acceptors (Lipinski definition) is 2. The van der Waals surface area contributed by atoms with E-state index in [0.717, 1.165) is 12.0 Å². The second-order valence-electron chi connectivity index (χ2n) is 3.71. The molecule has 1 rings (SSSR count). The number of aliphatic carboxylic acids is 1. The first-order chi connectivity index (χ1) is 7.15. The minimum Gasteiger partial charge on any atom is -0.481 e. The minimum atomic E-state index is -0.801. The third-order valence-corrected chi connectivity index (χ3v) is 2.56. The average Bonchev–Trinajstić information content (AvgIpc) is 2.26. The number of carbonyl (C=O) groups is 1. The lowest BCUT2D eigenvalue weighted by Crippen LogP contribution is -2.25. The molecule has 0 heterocycles. The van der Waals surface area contributed by atoms with Crippen molar-refractivity contribution in [3.05, 3.63) is 35.9 Å². The van der Waals surface area contributed by atoms with Gasteiger partial charge in [-0.05, 0) is 18.4 Å². The van der Waals surface area contributed by atoms with Gasteiger partial charge in [0.05, 0.1) is 5.92 Å². The van der Waals surface area contributed by atoms with Crippen LogP contribution in [0.2, 0.25) is 0 Å². The molecule has 3 nitrogen and oxygen atoms in total. The predicted molar refractivity (Wildman–Crippen MR) is 59.7 cm³/mol. The molecule has 3 heteroatoms. The Kier molecular flexibility index (Phi) is 4.31. The smallest absolute Gasteiger partial charge is 0.311 e. The maximum Gasteiger partial charge on any atom is 0.311 e. The Hall–Kier alpha value is -1.35. The molecule has 15 heavy (non-hydrogen) atoms. The highest BCUT2D eigenvalue weighted by atomic mass is 16.4. The minimum absolute atomic E-state index is 0.0497. The molecular formula is C12H17NO2. The molecule has 1 aromatic carbocycles. The van der Waals surface area contributed by atoms with Crippen LogP contribution < -0.4 is 5.73 Å². The van der Waals surface area contributed by atoms with Gasteiger partial charge in [0.2, 0.25) is 0 Å². The van der Waals surface area contributed by atoms with E-state index in [9.17, 15) is 4.79 Å². The molecule has 0 spiro atoms. The fourth-order valence-electron chi connectivity index (χ4n) is 1.53. The van der Waals surface area contributed by atoms with Crippen LogP contribution in [0.1, 0.15) is 31.2 Å². The molecule has 0 aliphatic carbocycles. The van der Waals surface area contributed by atoms with Gasteiger partial charge in [-0.1, -0.05) is 37.3 Å². The first-order valence-corrected chi connectivity index (χ1v) is 5.18. The quantitative estimate of drug-likeness (QED) is 0.776. The SMILES string of the molecule is CCC(N)CC(C(=O)O)c1ccccc1. The van der Waals surface area contributed by atoms with Crippen molar-refractivity contribution in [2.24, 2.45) is 5.73 Å². The van der Waals surface area contributed by atoms with Crippen molar-refractivity contribution >= 4 is 5.97 Å². The Morgan fingerprint density at radius 2 is 2.00 bits per heavy atom. The van der Waals surface area contributed by atoms with E-state index in [0.29, 0.717) is 6.42 Å². The lowest BCUT2D eigenvalue weighted by molar-refractivity contribution is -0.139. The standard InChI is InChI=1S/C12H17NO2/c1-2-10(13)8-11(12(14)15)9-6-4-3-5-7-9/h3-7,10-11H,2,8,13H2,1H3,(H,14,15). The van der Waals surface area contributed by atoms with Crippen molar-refractivity contribution in [1.82, 2.24) is 0 Å². The highest BCUT2D eigenvalue weighted by Gasteiger charge is 2.21. The maximum atomic E-state index is 11.1. The first kappa shape index (κ1) is 11.7. The van der Waals surface area contributed by atoms with Crippen molar-refractivity contribution in [3.8, 4) is 0 Å². The van der Waals surface area contributed by atoms with Gasteiger partial charge in [-0.3, -0.25) is 4.79 Å². The summed E-state index contributed by atoms with van der Waals surface area (Å²) in [6.07, 6.45) is 1.30. The van der Waals surface area contributed by atoms with Crippen LogP contribution in [0.25, 0.3) is 0 Å². The molecule has 0 aliphatic heterocycles. The lowest BCUT2D eigenvalue weighted by atomic mass is 9.92. The largest absolute Gasteiger partial charge is 0.481 e. The summed E-state index contributed by atoms with van der Waals surface area (Å²) >= 11 is 0. The van der Waals surface area contributed by atoms with Crippen LogP contribution in [0.5, 0.6) is 0 Å². The third kappa shape index (κ3) is 3.36. The summed E-state index contributed by atoms with van der Waals surface area (Å²) in [7, 11) is 0. The summed E-state index contributed by atoms with van der Waals surface area (Å²) in [6.45, 7) is 1.97. The molecule has 0 bridgehead atoms. The molecule has 0 radical (unpaired) electrons. The van der Waals surface area contributed by atoms with Crippen LogP contribution in [0.3, 0.4) is 0 Å². The van der Waals surface area contributed by atoms with Crippen LogP contribution in [0, 0.1) is 0 Å². The molecule has 82 valence electrons. The van der Waals surface area contributed by atoms with E-state index in [1.54, 1.807) is 0 Å². The second-order valence-corrected chi connectivity index (χ2v) is 3.71. The van der Waals surface area contributed by atoms with Gasteiger partial charge < -0.3 is 10.8 Å². The first-order valence-electron chi connectivity index (χ1n) is 5.18. The Morgan fingerprint density at radius 3 is 2.47 bits per heavy atom. The van der Waals surface area contributed by atoms with Gasteiger partial charge in [0.25, 0.3) is 0 Å². The summed E-state index contributed by atoms with van der Waals surface area (Å²) in [5.74, 6) is -1.29. The second kappa shape index (κ2) is 5.51. The van der Waals surface area contributed by atoms with Gasteiger partial charge in [-0.15, -0.1) is 0 Å². The fraction of sp³-hybridized carbons (Fsp3) is 0.417. The zero-order valence-corrected chi connectivity index (χ0v) is 8.89. The van der Waals surface area contributed by atoms with Gasteiger partial charge in [0.1, 0.15) is 0 Å². The Morgan fingerprint density at radius 1 is 1.40 bits per heavy atom. The highest BCUT2D eigenvalue weighted by Crippen LogP contribution is 2.21. The fourth-order valence-corrected chi connectivity index (χ4v) is 1.53. The van der Waals surface area contributed by atoms with Crippen molar-refractivity contribution in [3.63, 3.8) is 0 Å². The molecular weight excluding hydrogens is 190 g/mol. The zero-order valence-electron chi connectivity index (χ0n) is 8.89. The van der Waals surface area contributed by atoms with E-state index in [-0.39, 0.29) is 6.04 Å². The van der Waals surface area contributed by atoms with Gasteiger partial charge in [-0.2, -0.15) is 0 Å². The normalized spacial score (nSPS) is 14.5. The third-order valence-electron chi connectivity index (χ3n) is 2.56. The van der Waals surface area contributed by atoms with Gasteiger partial charge in [0.15, 0.2) is 0 Å². The number of nitrogens with two attached hydrogens (primary N) is 1. The van der Waals surface area contributed by atoms with E-state index < -0.39 is 11.9 Å². The van der Waals surface area contributed by atoms with Crippen LogP contribution in [-0.2, 0) is 4.79 Å². The summed E-state index contributed by atoms with van der Waals surface area (Å²) in [5.41, 5.74) is 6.61. The summed E-state index contributed by atoms with van der Waals surface area (Å²) in [4.78, 5) is 11.1. The summed E-state index contributed by atoms with van der Waals surface area (Å²) in [6, 6.07) is 9.20. The molecule has 2 unspecified atom stereocenters. The maximum absolute atomic E-state index is 11.1. The van der Waals surface area contributed by atoms with E-state index in [1.807, 2.05) is 37.3 Å². The van der Waals surface area contributed by atoms with E-state index in [1.165, 1.54) is 0 Å². The molecule has 0 aromatic heterocycles. The number of hydrogen-bond donors (Lipinski definition) is 2. The molecule has 0 amide bonds. The summed E-state index contributed by atoms with van der Waals surface area (Å²) in [5, 5.41) is 9.12. The van der Waals surface area contributed by atoms with Gasteiger partial charge >= 0.3 is 5.97 Å². The van der Waals surface area contributed by atoms with E-state index in [2.05, 4.69) is 0 Å². The number of carboxylic acids is 1. The Labute approximate surface area is 89.9 Å². The van der Waals surface area contributed by atoms with Crippen LogP contribution >= 0.6 is 0 Å². The van der Waals surface area contributed by atoms with Crippen LogP contribution in [-0.4, -0.2) is 17.1 Å². The zero-order chi connectivity index (χ0) is 11.3. The number of benzene rings is 1. The molecule has 1 aromatic rings. The van der Waals surface area contributed by atoms with Crippen LogP contribution in [0.4, 0.5) is 0 Å². The predicted octanol–water partition coefficient (Wildman–Crippen LogP) is 1.98. The van der Waals surface area contributed by atoms with Gasteiger partial charge in [0, 0.05) is 6.04 Å². The monoisotopic (exact) mass is 207 g/mol. The molecule has 0 fully saturated rings. The Balaban J connectivity index is 2.80. The molecule has 0 aliphatic rings. The molecule has 3 N–H and O–H groups in total. The number of rotatable bonds is 5. The molecule has 2 atom stereocenters. The van der Waals surface area contributed by atoms with Crippen molar-refractivity contribution < 1.29 is 9.90 Å². The average molecular weight is 207 g/mol. The Bertz CT molecular complexity index is 311. The lowest BCUT2D eigenvalue weighted by Gasteiger charge is -2.16. The van der Waals surface area contributed by atoms with Crippen molar-refractivity contribution in [1.29, 1.82) is 0 Å². The van der Waals surface area contributed by atoms with E-state index >= 15 is 0 Å².